The van der Waals surface area contributed by atoms with E-state index in [1.54, 1.807) is 0 Å². The Labute approximate surface area is 101 Å². The van der Waals surface area contributed by atoms with Gasteiger partial charge in [-0.3, -0.25) is 14.5 Å². The minimum atomic E-state index is -0.334. The van der Waals surface area contributed by atoms with E-state index in [4.69, 9.17) is 0 Å². The molecule has 2 aliphatic rings. The van der Waals surface area contributed by atoms with Gasteiger partial charge in [0.25, 0.3) is 0 Å². The van der Waals surface area contributed by atoms with Crippen molar-refractivity contribution in [2.24, 2.45) is 0 Å². The van der Waals surface area contributed by atoms with Gasteiger partial charge >= 0.3 is 5.97 Å². The number of hydrogen-bond acceptors (Lipinski definition) is 4. The highest BCUT2D eigenvalue weighted by Gasteiger charge is 2.36. The highest BCUT2D eigenvalue weighted by Crippen LogP contribution is 2.26. The summed E-state index contributed by atoms with van der Waals surface area (Å²) in [6.45, 7) is 1.53. The van der Waals surface area contributed by atoms with Gasteiger partial charge in [0.15, 0.2) is 0 Å². The Bertz CT molecular complexity index is 300. The standard InChI is InChI=1S/C12H20N2O3/c1-17-11(15)8-10-12(16)13-6-7-14(10)9-4-2-3-5-9/h9-10H,2-8H2,1H3,(H,13,16). The second kappa shape index (κ2) is 5.49. The van der Waals surface area contributed by atoms with Crippen LogP contribution in [-0.2, 0) is 14.3 Å². The Morgan fingerprint density at radius 3 is 2.82 bits per heavy atom. The topological polar surface area (TPSA) is 58.6 Å². The van der Waals surface area contributed by atoms with Crippen molar-refractivity contribution < 1.29 is 14.3 Å². The van der Waals surface area contributed by atoms with E-state index in [1.165, 1.54) is 20.0 Å². The average molecular weight is 240 g/mol. The number of piperazine rings is 1. The summed E-state index contributed by atoms with van der Waals surface area (Å²) < 4.78 is 4.67. The number of esters is 1. The smallest absolute Gasteiger partial charge is 0.307 e. The fourth-order valence-electron chi connectivity index (χ4n) is 2.86. The monoisotopic (exact) mass is 240 g/mol. The molecule has 0 spiro atoms. The lowest BCUT2D eigenvalue weighted by Crippen LogP contribution is -2.58. The summed E-state index contributed by atoms with van der Waals surface area (Å²) in [6, 6.07) is 0.134. The highest BCUT2D eigenvalue weighted by atomic mass is 16.5. The minimum Gasteiger partial charge on any atom is -0.469 e. The number of ether oxygens (including phenoxy) is 1. The summed E-state index contributed by atoms with van der Waals surface area (Å²) in [5, 5.41) is 2.83. The molecule has 2 fully saturated rings. The van der Waals surface area contributed by atoms with E-state index >= 15 is 0 Å². The fraction of sp³-hybridized carbons (Fsp3) is 0.833. The third-order valence-corrected chi connectivity index (χ3v) is 3.75. The molecule has 1 heterocycles. The van der Waals surface area contributed by atoms with Gasteiger partial charge in [-0.2, -0.15) is 0 Å². The summed E-state index contributed by atoms with van der Waals surface area (Å²) in [4.78, 5) is 25.4. The van der Waals surface area contributed by atoms with Crippen LogP contribution in [0.4, 0.5) is 0 Å². The Morgan fingerprint density at radius 1 is 1.47 bits per heavy atom. The van der Waals surface area contributed by atoms with Gasteiger partial charge in [0.05, 0.1) is 19.6 Å². The average Bonchev–Trinajstić information content (AvgIpc) is 2.85. The van der Waals surface area contributed by atoms with Gasteiger partial charge in [-0.15, -0.1) is 0 Å². The molecule has 1 aliphatic heterocycles. The van der Waals surface area contributed by atoms with Gasteiger partial charge in [0.1, 0.15) is 0 Å². The predicted octanol–water partition coefficient (Wildman–Crippen LogP) is 0.293. The molecule has 0 radical (unpaired) electrons. The van der Waals surface area contributed by atoms with Crippen LogP contribution in [0.3, 0.4) is 0 Å². The summed E-state index contributed by atoms with van der Waals surface area (Å²) in [7, 11) is 1.36. The van der Waals surface area contributed by atoms with E-state index in [0.29, 0.717) is 12.6 Å². The molecule has 0 aromatic heterocycles. The van der Waals surface area contributed by atoms with E-state index in [-0.39, 0.29) is 24.3 Å². The van der Waals surface area contributed by atoms with Crippen LogP contribution < -0.4 is 5.32 Å². The molecule has 5 heteroatoms. The first-order valence-corrected chi connectivity index (χ1v) is 6.32. The Morgan fingerprint density at radius 2 is 2.18 bits per heavy atom. The number of amides is 1. The summed E-state index contributed by atoms with van der Waals surface area (Å²) in [5.74, 6) is -0.344. The lowest BCUT2D eigenvalue weighted by molar-refractivity contribution is -0.146. The van der Waals surface area contributed by atoms with Crippen LogP contribution in [0.2, 0.25) is 0 Å². The van der Waals surface area contributed by atoms with Crippen LogP contribution in [0.15, 0.2) is 0 Å². The molecule has 1 saturated carbocycles. The molecule has 1 aliphatic carbocycles. The quantitative estimate of drug-likeness (QED) is 0.720. The van der Waals surface area contributed by atoms with Crippen molar-refractivity contribution in [1.82, 2.24) is 10.2 Å². The van der Waals surface area contributed by atoms with E-state index in [9.17, 15) is 9.59 Å². The zero-order valence-corrected chi connectivity index (χ0v) is 10.3. The Kier molecular flexibility index (Phi) is 3.99. The molecule has 1 amide bonds. The maximum atomic E-state index is 11.9. The highest BCUT2D eigenvalue weighted by molar-refractivity contribution is 5.87. The maximum Gasteiger partial charge on any atom is 0.307 e. The van der Waals surface area contributed by atoms with Gasteiger partial charge < -0.3 is 10.1 Å². The van der Waals surface area contributed by atoms with Crippen LogP contribution in [0.1, 0.15) is 32.1 Å². The summed E-state index contributed by atoms with van der Waals surface area (Å²) in [6.07, 6.45) is 4.91. The zero-order valence-electron chi connectivity index (χ0n) is 10.3. The minimum absolute atomic E-state index is 0.0337. The fourth-order valence-corrected chi connectivity index (χ4v) is 2.86. The lowest BCUT2D eigenvalue weighted by atomic mass is 10.0. The molecule has 1 unspecified atom stereocenters. The molecule has 96 valence electrons. The van der Waals surface area contributed by atoms with Crippen molar-refractivity contribution in [2.75, 3.05) is 20.2 Å². The number of hydrogen-bond donors (Lipinski definition) is 1. The first-order valence-electron chi connectivity index (χ1n) is 6.32. The largest absolute Gasteiger partial charge is 0.469 e. The Hall–Kier alpha value is -1.10. The van der Waals surface area contributed by atoms with Crippen LogP contribution in [0.5, 0.6) is 0 Å². The van der Waals surface area contributed by atoms with E-state index < -0.39 is 0 Å². The molecule has 17 heavy (non-hydrogen) atoms. The van der Waals surface area contributed by atoms with Crippen LogP contribution in [0.25, 0.3) is 0 Å². The molecule has 0 aromatic rings. The normalized spacial score (nSPS) is 26.9. The molecule has 0 aromatic carbocycles. The zero-order chi connectivity index (χ0) is 12.3. The lowest BCUT2D eigenvalue weighted by Gasteiger charge is -2.38. The van der Waals surface area contributed by atoms with Crippen molar-refractivity contribution in [1.29, 1.82) is 0 Å². The molecule has 5 nitrogen and oxygen atoms in total. The van der Waals surface area contributed by atoms with Crippen molar-refractivity contribution >= 4 is 11.9 Å². The Balaban J connectivity index is 2.04. The third kappa shape index (κ3) is 2.77. The molecule has 1 saturated heterocycles. The van der Waals surface area contributed by atoms with Gasteiger partial charge in [0.2, 0.25) is 5.91 Å². The second-order valence-corrected chi connectivity index (χ2v) is 4.76. The maximum absolute atomic E-state index is 11.9. The molecule has 1 N–H and O–H groups in total. The molecule has 1 atom stereocenters. The predicted molar refractivity (Wildman–Crippen MR) is 62.4 cm³/mol. The SMILES string of the molecule is COC(=O)CC1C(=O)NCCN1C1CCCC1. The molecular weight excluding hydrogens is 220 g/mol. The van der Waals surface area contributed by atoms with E-state index in [2.05, 4.69) is 15.0 Å². The molecule has 2 rings (SSSR count). The van der Waals surface area contributed by atoms with Crippen LogP contribution in [-0.4, -0.2) is 49.1 Å². The van der Waals surface area contributed by atoms with Crippen molar-refractivity contribution in [3.63, 3.8) is 0 Å². The van der Waals surface area contributed by atoms with Crippen molar-refractivity contribution in [2.45, 2.75) is 44.2 Å². The van der Waals surface area contributed by atoms with E-state index in [1.807, 2.05) is 0 Å². The van der Waals surface area contributed by atoms with Crippen molar-refractivity contribution in [3.8, 4) is 0 Å². The summed E-state index contributed by atoms with van der Waals surface area (Å²) in [5.41, 5.74) is 0. The number of nitrogens with zero attached hydrogens (tertiary/aromatic N) is 1. The number of rotatable bonds is 3. The molecular formula is C12H20N2O3. The van der Waals surface area contributed by atoms with Crippen LogP contribution in [0, 0.1) is 0 Å². The van der Waals surface area contributed by atoms with Crippen LogP contribution >= 0.6 is 0 Å². The number of carbonyl (C=O) groups excluding carboxylic acids is 2. The van der Waals surface area contributed by atoms with Gasteiger partial charge in [-0.1, -0.05) is 12.8 Å². The third-order valence-electron chi connectivity index (χ3n) is 3.75. The van der Waals surface area contributed by atoms with Gasteiger partial charge in [-0.05, 0) is 12.8 Å². The van der Waals surface area contributed by atoms with Crippen molar-refractivity contribution in [3.05, 3.63) is 0 Å². The second-order valence-electron chi connectivity index (χ2n) is 4.76. The molecule has 0 bridgehead atoms. The first-order chi connectivity index (χ1) is 8.22. The van der Waals surface area contributed by atoms with Gasteiger partial charge in [0, 0.05) is 19.1 Å². The summed E-state index contributed by atoms with van der Waals surface area (Å²) >= 11 is 0. The number of methoxy groups -OCH3 is 1. The van der Waals surface area contributed by atoms with Gasteiger partial charge in [-0.25, -0.2) is 0 Å². The first kappa shape index (κ1) is 12.4. The number of nitrogens with one attached hydrogen (secondary N) is 1. The number of carbonyl (C=O) groups is 2. The van der Waals surface area contributed by atoms with E-state index in [0.717, 1.165) is 19.4 Å².